The first-order valence-electron chi connectivity index (χ1n) is 6.92. The molecular formula is C17H16O6. The zero-order valence-electron chi connectivity index (χ0n) is 12.5. The molecule has 0 aromatic heterocycles. The molecule has 0 radical (unpaired) electrons. The number of rotatable bonds is 8. The number of hydrogen-bond acceptors (Lipinski definition) is 5. The van der Waals surface area contributed by atoms with Crippen LogP contribution in [0, 0.1) is 0 Å². The molecule has 0 heterocycles. The van der Waals surface area contributed by atoms with Crippen molar-refractivity contribution in [3.63, 3.8) is 0 Å². The van der Waals surface area contributed by atoms with Crippen LogP contribution >= 0.6 is 0 Å². The molecule has 0 amide bonds. The van der Waals surface area contributed by atoms with Gasteiger partial charge in [-0.25, -0.2) is 4.79 Å². The molecule has 1 atom stereocenters. The van der Waals surface area contributed by atoms with Gasteiger partial charge in [-0.3, -0.25) is 0 Å². The second-order valence-corrected chi connectivity index (χ2v) is 4.56. The predicted molar refractivity (Wildman–Crippen MR) is 82.0 cm³/mol. The van der Waals surface area contributed by atoms with Gasteiger partial charge < -0.3 is 24.1 Å². The van der Waals surface area contributed by atoms with Crippen LogP contribution in [0.2, 0.25) is 0 Å². The second kappa shape index (κ2) is 7.95. The monoisotopic (exact) mass is 316 g/mol. The maximum Gasteiger partial charge on any atom is 0.339 e. The van der Waals surface area contributed by atoms with Crippen molar-refractivity contribution in [2.75, 3.05) is 6.61 Å². The van der Waals surface area contributed by atoms with Crippen molar-refractivity contribution < 1.29 is 28.9 Å². The molecule has 0 fully saturated rings. The number of aromatic carboxylic acids is 1. The van der Waals surface area contributed by atoms with Gasteiger partial charge in [-0.2, -0.15) is 0 Å². The number of carbonyl (C=O) groups excluding carboxylic acids is 1. The fourth-order valence-electron chi connectivity index (χ4n) is 1.87. The highest BCUT2D eigenvalue weighted by atomic mass is 16.7. The number of ether oxygens (including phenoxy) is 3. The quantitative estimate of drug-likeness (QED) is 0.595. The van der Waals surface area contributed by atoms with Gasteiger partial charge in [0.15, 0.2) is 6.29 Å². The lowest BCUT2D eigenvalue weighted by Crippen LogP contribution is -2.17. The minimum absolute atomic E-state index is 0.0522. The number of hydrogen-bond donors (Lipinski definition) is 1. The van der Waals surface area contributed by atoms with Gasteiger partial charge in [-0.1, -0.05) is 18.2 Å². The van der Waals surface area contributed by atoms with Crippen LogP contribution in [0.1, 0.15) is 17.3 Å². The van der Waals surface area contributed by atoms with E-state index in [1.807, 2.05) is 0 Å². The molecule has 0 aliphatic heterocycles. The molecule has 0 spiro atoms. The van der Waals surface area contributed by atoms with E-state index >= 15 is 0 Å². The van der Waals surface area contributed by atoms with E-state index in [4.69, 9.17) is 19.3 Å². The summed E-state index contributed by atoms with van der Waals surface area (Å²) in [6.45, 7) is 1.61. The average molecular weight is 316 g/mol. The first kappa shape index (κ1) is 16.5. The van der Waals surface area contributed by atoms with Crippen LogP contribution in [0.3, 0.4) is 0 Å². The first-order valence-corrected chi connectivity index (χ1v) is 6.92. The molecule has 2 aromatic carbocycles. The van der Waals surface area contributed by atoms with E-state index in [0.717, 1.165) is 0 Å². The van der Waals surface area contributed by atoms with E-state index in [2.05, 4.69) is 0 Å². The highest BCUT2D eigenvalue weighted by molar-refractivity contribution is 5.90. The van der Waals surface area contributed by atoms with Gasteiger partial charge in [-0.15, -0.1) is 0 Å². The third kappa shape index (κ3) is 4.82. The summed E-state index contributed by atoms with van der Waals surface area (Å²) < 4.78 is 16.2. The fraction of sp³-hybridized carbons (Fsp3) is 0.176. The third-order valence-corrected chi connectivity index (χ3v) is 2.85. The van der Waals surface area contributed by atoms with Crippen molar-refractivity contribution in [1.29, 1.82) is 0 Å². The van der Waals surface area contributed by atoms with Crippen LogP contribution in [-0.2, 0) is 9.53 Å². The Morgan fingerprint density at radius 3 is 2.65 bits per heavy atom. The standard InChI is InChI=1S/C17H16O6/c1-12(21-10-9-18)22-13-5-4-6-14(11-13)23-16-8-3-2-7-15(16)17(19)20/h2-9,11-12H,10H2,1H3,(H,19,20). The van der Waals surface area contributed by atoms with Gasteiger partial charge in [0.2, 0.25) is 0 Å². The molecule has 0 bridgehead atoms. The van der Waals surface area contributed by atoms with Crippen LogP contribution in [0.4, 0.5) is 0 Å². The van der Waals surface area contributed by atoms with Crippen molar-refractivity contribution in [3.05, 3.63) is 54.1 Å². The molecule has 23 heavy (non-hydrogen) atoms. The van der Waals surface area contributed by atoms with E-state index in [-0.39, 0.29) is 17.9 Å². The number of benzene rings is 2. The largest absolute Gasteiger partial charge is 0.478 e. The minimum atomic E-state index is -1.07. The first-order chi connectivity index (χ1) is 11.1. The Labute approximate surface area is 133 Å². The lowest BCUT2D eigenvalue weighted by atomic mass is 10.2. The van der Waals surface area contributed by atoms with E-state index in [1.165, 1.54) is 6.07 Å². The van der Waals surface area contributed by atoms with Crippen molar-refractivity contribution >= 4 is 12.3 Å². The normalized spacial score (nSPS) is 11.5. The van der Waals surface area contributed by atoms with Gasteiger partial charge in [0.05, 0.1) is 0 Å². The molecule has 1 unspecified atom stereocenters. The second-order valence-electron chi connectivity index (χ2n) is 4.56. The van der Waals surface area contributed by atoms with E-state index in [1.54, 1.807) is 49.4 Å². The Kier molecular flexibility index (Phi) is 5.71. The van der Waals surface area contributed by atoms with Crippen molar-refractivity contribution in [2.24, 2.45) is 0 Å². The highest BCUT2D eigenvalue weighted by Crippen LogP contribution is 2.28. The van der Waals surface area contributed by atoms with Crippen molar-refractivity contribution in [1.82, 2.24) is 0 Å². The van der Waals surface area contributed by atoms with Gasteiger partial charge >= 0.3 is 5.97 Å². The van der Waals surface area contributed by atoms with Gasteiger partial charge in [0.1, 0.15) is 35.7 Å². The Bertz CT molecular complexity index is 682. The molecule has 0 aliphatic rings. The molecule has 6 heteroatoms. The Balaban J connectivity index is 2.11. The zero-order valence-corrected chi connectivity index (χ0v) is 12.5. The van der Waals surface area contributed by atoms with Crippen molar-refractivity contribution in [2.45, 2.75) is 13.2 Å². The van der Waals surface area contributed by atoms with E-state index in [9.17, 15) is 9.59 Å². The summed E-state index contributed by atoms with van der Waals surface area (Å²) in [5.41, 5.74) is 0.0708. The van der Waals surface area contributed by atoms with Crippen LogP contribution < -0.4 is 9.47 Å². The van der Waals surface area contributed by atoms with E-state index < -0.39 is 12.3 Å². The maximum atomic E-state index is 11.2. The molecular weight excluding hydrogens is 300 g/mol. The molecule has 0 aliphatic carbocycles. The molecule has 1 N–H and O–H groups in total. The maximum absolute atomic E-state index is 11.2. The lowest BCUT2D eigenvalue weighted by Gasteiger charge is -2.15. The summed E-state index contributed by atoms with van der Waals surface area (Å²) in [6, 6.07) is 13.1. The topological polar surface area (TPSA) is 82.1 Å². The van der Waals surface area contributed by atoms with Crippen LogP contribution in [0.25, 0.3) is 0 Å². The summed E-state index contributed by atoms with van der Waals surface area (Å²) in [7, 11) is 0. The smallest absolute Gasteiger partial charge is 0.339 e. The predicted octanol–water partition coefficient (Wildman–Crippen LogP) is 3.12. The average Bonchev–Trinajstić information content (AvgIpc) is 2.53. The molecule has 0 saturated heterocycles. The molecule has 2 aromatic rings. The Morgan fingerprint density at radius 2 is 1.91 bits per heavy atom. The fourth-order valence-corrected chi connectivity index (χ4v) is 1.87. The van der Waals surface area contributed by atoms with Crippen LogP contribution in [0.15, 0.2) is 48.5 Å². The number of carboxylic acid groups (broad SMARTS) is 1. The Hall–Kier alpha value is -2.86. The number of para-hydroxylation sites is 1. The summed E-state index contributed by atoms with van der Waals surface area (Å²) in [5.74, 6) is 0.0822. The van der Waals surface area contributed by atoms with Gasteiger partial charge in [0, 0.05) is 6.07 Å². The van der Waals surface area contributed by atoms with E-state index in [0.29, 0.717) is 17.8 Å². The number of aldehydes is 1. The summed E-state index contributed by atoms with van der Waals surface area (Å²) in [6.07, 6.45) is 0.0455. The third-order valence-electron chi connectivity index (χ3n) is 2.85. The molecule has 2 rings (SSSR count). The van der Waals surface area contributed by atoms with Gasteiger partial charge in [0.25, 0.3) is 0 Å². The van der Waals surface area contributed by atoms with Gasteiger partial charge in [-0.05, 0) is 31.2 Å². The number of carboxylic acids is 1. The summed E-state index contributed by atoms with van der Waals surface area (Å²) in [5, 5.41) is 9.15. The number of carbonyl (C=O) groups is 2. The summed E-state index contributed by atoms with van der Waals surface area (Å²) in [4.78, 5) is 21.4. The zero-order chi connectivity index (χ0) is 16.7. The SMILES string of the molecule is CC(OCC=O)Oc1cccc(Oc2ccccc2C(=O)O)c1. The lowest BCUT2D eigenvalue weighted by molar-refractivity contribution is -0.121. The highest BCUT2D eigenvalue weighted by Gasteiger charge is 2.11. The molecule has 0 saturated carbocycles. The minimum Gasteiger partial charge on any atom is -0.478 e. The van der Waals surface area contributed by atoms with Crippen molar-refractivity contribution in [3.8, 4) is 17.2 Å². The van der Waals surface area contributed by atoms with Crippen LogP contribution in [-0.4, -0.2) is 30.3 Å². The summed E-state index contributed by atoms with van der Waals surface area (Å²) >= 11 is 0. The van der Waals surface area contributed by atoms with Crippen LogP contribution in [0.5, 0.6) is 17.2 Å². The molecule has 6 nitrogen and oxygen atoms in total. The molecule has 120 valence electrons. The Morgan fingerprint density at radius 1 is 1.17 bits per heavy atom.